The number of nitrogens with two attached hydrogens (primary N) is 1. The third-order valence-corrected chi connectivity index (χ3v) is 4.10. The van der Waals surface area contributed by atoms with Crippen molar-refractivity contribution in [3.8, 4) is 11.5 Å². The van der Waals surface area contributed by atoms with Crippen molar-refractivity contribution in [1.29, 1.82) is 0 Å². The molecule has 1 unspecified atom stereocenters. The van der Waals surface area contributed by atoms with Gasteiger partial charge in [0.25, 0.3) is 0 Å². The molecular weight excluding hydrogens is 268 g/mol. The summed E-state index contributed by atoms with van der Waals surface area (Å²) in [5.41, 5.74) is 7.43. The van der Waals surface area contributed by atoms with Crippen LogP contribution < -0.4 is 15.2 Å². The van der Waals surface area contributed by atoms with Gasteiger partial charge in [-0.1, -0.05) is 6.07 Å². The Bertz CT molecular complexity index is 655. The van der Waals surface area contributed by atoms with Crippen LogP contribution in [0.5, 0.6) is 11.5 Å². The zero-order valence-corrected chi connectivity index (χ0v) is 11.7. The SMILES string of the molecule is NC(CN1CCn2ccnc2C1)c1ccc2c(c1)OCO2. The number of hydrogen-bond acceptors (Lipinski definition) is 5. The lowest BCUT2D eigenvalue weighted by molar-refractivity contribution is 0.174. The monoisotopic (exact) mass is 286 g/mol. The first kappa shape index (κ1) is 12.7. The molecule has 0 bridgehead atoms. The molecule has 2 aliphatic heterocycles. The predicted octanol–water partition coefficient (Wildman–Crippen LogP) is 1.13. The third-order valence-electron chi connectivity index (χ3n) is 4.10. The summed E-state index contributed by atoms with van der Waals surface area (Å²) < 4.78 is 12.9. The molecule has 0 amide bonds. The second-order valence-electron chi connectivity index (χ2n) is 5.49. The van der Waals surface area contributed by atoms with Crippen LogP contribution in [-0.2, 0) is 13.1 Å². The molecule has 6 heteroatoms. The number of aromatic nitrogens is 2. The summed E-state index contributed by atoms with van der Waals surface area (Å²) in [4.78, 5) is 6.72. The van der Waals surface area contributed by atoms with Gasteiger partial charge in [-0.15, -0.1) is 0 Å². The number of ether oxygens (including phenoxy) is 2. The number of imidazole rings is 1. The van der Waals surface area contributed by atoms with E-state index in [1.54, 1.807) is 0 Å². The van der Waals surface area contributed by atoms with E-state index in [4.69, 9.17) is 15.2 Å². The molecule has 1 aromatic carbocycles. The lowest BCUT2D eigenvalue weighted by Gasteiger charge is -2.29. The Morgan fingerprint density at radius 1 is 1.24 bits per heavy atom. The minimum absolute atomic E-state index is 0.0407. The highest BCUT2D eigenvalue weighted by atomic mass is 16.7. The number of hydrogen-bond donors (Lipinski definition) is 1. The first-order chi connectivity index (χ1) is 10.3. The maximum Gasteiger partial charge on any atom is 0.231 e. The van der Waals surface area contributed by atoms with E-state index in [1.807, 2.05) is 30.6 Å². The van der Waals surface area contributed by atoms with Crippen LogP contribution in [0.25, 0.3) is 0 Å². The van der Waals surface area contributed by atoms with Gasteiger partial charge in [-0.3, -0.25) is 4.90 Å². The van der Waals surface area contributed by atoms with Crippen LogP contribution in [0, 0.1) is 0 Å². The molecule has 0 aliphatic carbocycles. The van der Waals surface area contributed by atoms with Gasteiger partial charge in [0.05, 0.1) is 6.54 Å². The van der Waals surface area contributed by atoms with Gasteiger partial charge in [0.1, 0.15) is 5.82 Å². The highest BCUT2D eigenvalue weighted by Crippen LogP contribution is 2.34. The molecule has 2 aromatic rings. The average Bonchev–Trinajstić information content (AvgIpc) is 3.14. The van der Waals surface area contributed by atoms with Crippen molar-refractivity contribution in [1.82, 2.24) is 14.5 Å². The lowest BCUT2D eigenvalue weighted by Crippen LogP contribution is -2.38. The lowest BCUT2D eigenvalue weighted by atomic mass is 10.1. The summed E-state index contributed by atoms with van der Waals surface area (Å²) in [7, 11) is 0. The fraction of sp³-hybridized carbons (Fsp3) is 0.400. The minimum atomic E-state index is -0.0407. The fourth-order valence-corrected chi connectivity index (χ4v) is 2.91. The fourth-order valence-electron chi connectivity index (χ4n) is 2.91. The first-order valence-corrected chi connectivity index (χ1v) is 7.17. The van der Waals surface area contributed by atoms with E-state index in [0.29, 0.717) is 6.79 Å². The second-order valence-corrected chi connectivity index (χ2v) is 5.49. The van der Waals surface area contributed by atoms with Gasteiger partial charge in [-0.05, 0) is 17.7 Å². The van der Waals surface area contributed by atoms with Gasteiger partial charge >= 0.3 is 0 Å². The van der Waals surface area contributed by atoms with Crippen LogP contribution in [0.15, 0.2) is 30.6 Å². The Balaban J connectivity index is 1.45. The van der Waals surface area contributed by atoms with Crippen molar-refractivity contribution in [2.45, 2.75) is 19.1 Å². The van der Waals surface area contributed by atoms with Crippen molar-refractivity contribution in [2.75, 3.05) is 19.9 Å². The van der Waals surface area contributed by atoms with Crippen LogP contribution in [0.4, 0.5) is 0 Å². The summed E-state index contributed by atoms with van der Waals surface area (Å²) in [6.07, 6.45) is 3.89. The summed E-state index contributed by atoms with van der Waals surface area (Å²) in [6.45, 7) is 3.94. The summed E-state index contributed by atoms with van der Waals surface area (Å²) >= 11 is 0. The molecule has 2 N–H and O–H groups in total. The van der Waals surface area contributed by atoms with Gasteiger partial charge in [0, 0.05) is 38.1 Å². The molecule has 3 heterocycles. The number of nitrogens with zero attached hydrogens (tertiary/aromatic N) is 3. The van der Waals surface area contributed by atoms with E-state index < -0.39 is 0 Å². The van der Waals surface area contributed by atoms with E-state index in [0.717, 1.165) is 49.1 Å². The predicted molar refractivity (Wildman–Crippen MR) is 77.0 cm³/mol. The first-order valence-electron chi connectivity index (χ1n) is 7.17. The van der Waals surface area contributed by atoms with Crippen LogP contribution in [0.1, 0.15) is 17.4 Å². The Hall–Kier alpha value is -2.05. The molecule has 0 fully saturated rings. The highest BCUT2D eigenvalue weighted by Gasteiger charge is 2.21. The zero-order chi connectivity index (χ0) is 14.2. The molecule has 110 valence electrons. The summed E-state index contributed by atoms with van der Waals surface area (Å²) in [6, 6.07) is 5.89. The van der Waals surface area contributed by atoms with Crippen molar-refractivity contribution in [3.05, 3.63) is 42.0 Å². The molecule has 6 nitrogen and oxygen atoms in total. The van der Waals surface area contributed by atoms with Gasteiger partial charge in [-0.25, -0.2) is 4.98 Å². The maximum absolute atomic E-state index is 6.35. The highest BCUT2D eigenvalue weighted by molar-refractivity contribution is 5.45. The van der Waals surface area contributed by atoms with Gasteiger partial charge in [0.15, 0.2) is 11.5 Å². The third kappa shape index (κ3) is 2.36. The summed E-state index contributed by atoms with van der Waals surface area (Å²) in [5, 5.41) is 0. The molecule has 21 heavy (non-hydrogen) atoms. The molecule has 1 aromatic heterocycles. The van der Waals surface area contributed by atoms with Crippen molar-refractivity contribution in [2.24, 2.45) is 5.73 Å². The standard InChI is InChI=1S/C15H18N4O2/c16-12(11-1-2-13-14(7-11)21-10-20-13)8-18-5-6-19-4-3-17-15(19)9-18/h1-4,7,12H,5-6,8-10,16H2. The van der Waals surface area contributed by atoms with Crippen LogP contribution >= 0.6 is 0 Å². The Morgan fingerprint density at radius 3 is 3.10 bits per heavy atom. The van der Waals surface area contributed by atoms with Crippen LogP contribution in [0.3, 0.4) is 0 Å². The molecule has 1 atom stereocenters. The molecular formula is C15H18N4O2. The van der Waals surface area contributed by atoms with E-state index in [2.05, 4.69) is 14.5 Å². The molecule has 4 rings (SSSR count). The molecule has 0 radical (unpaired) electrons. The van der Waals surface area contributed by atoms with Gasteiger partial charge < -0.3 is 19.8 Å². The number of rotatable bonds is 3. The van der Waals surface area contributed by atoms with E-state index in [1.165, 1.54) is 0 Å². The van der Waals surface area contributed by atoms with Crippen LogP contribution in [0.2, 0.25) is 0 Å². The van der Waals surface area contributed by atoms with Crippen molar-refractivity contribution >= 4 is 0 Å². The van der Waals surface area contributed by atoms with Crippen LogP contribution in [-0.4, -0.2) is 34.3 Å². The molecule has 0 saturated carbocycles. The minimum Gasteiger partial charge on any atom is -0.454 e. The molecule has 0 spiro atoms. The van der Waals surface area contributed by atoms with Gasteiger partial charge in [0.2, 0.25) is 6.79 Å². The number of benzene rings is 1. The van der Waals surface area contributed by atoms with E-state index >= 15 is 0 Å². The maximum atomic E-state index is 6.35. The van der Waals surface area contributed by atoms with Crippen molar-refractivity contribution < 1.29 is 9.47 Å². The topological polar surface area (TPSA) is 65.5 Å². The summed E-state index contributed by atoms with van der Waals surface area (Å²) in [5.74, 6) is 2.70. The normalized spacial score (nSPS) is 18.5. The zero-order valence-electron chi connectivity index (χ0n) is 11.7. The molecule has 0 saturated heterocycles. The Labute approximate surface area is 123 Å². The largest absolute Gasteiger partial charge is 0.454 e. The van der Waals surface area contributed by atoms with E-state index in [-0.39, 0.29) is 6.04 Å². The Kier molecular flexibility index (Phi) is 3.05. The second kappa shape index (κ2) is 5.05. The van der Waals surface area contributed by atoms with E-state index in [9.17, 15) is 0 Å². The van der Waals surface area contributed by atoms with Gasteiger partial charge in [-0.2, -0.15) is 0 Å². The smallest absolute Gasteiger partial charge is 0.231 e. The Morgan fingerprint density at radius 2 is 2.14 bits per heavy atom. The quantitative estimate of drug-likeness (QED) is 0.916. The van der Waals surface area contributed by atoms with Crippen molar-refractivity contribution in [3.63, 3.8) is 0 Å². The molecule has 2 aliphatic rings. The number of fused-ring (bicyclic) bond motifs is 2. The average molecular weight is 286 g/mol.